The molecule has 19 heavy (non-hydrogen) atoms. The van der Waals surface area contributed by atoms with Crippen LogP contribution in [0.5, 0.6) is 0 Å². The first-order valence-corrected chi connectivity index (χ1v) is 5.76. The highest BCUT2D eigenvalue weighted by Crippen LogP contribution is 2.17. The lowest BCUT2D eigenvalue weighted by Gasteiger charge is -2.02. The minimum atomic E-state index is 0. The number of aromatic nitrogens is 4. The van der Waals surface area contributed by atoms with Crippen LogP contribution in [-0.2, 0) is 7.05 Å². The van der Waals surface area contributed by atoms with Gasteiger partial charge in [-0.3, -0.25) is 0 Å². The molecule has 3 rings (SSSR count). The van der Waals surface area contributed by atoms with Gasteiger partial charge in [-0.05, 0) is 12.1 Å². The summed E-state index contributed by atoms with van der Waals surface area (Å²) in [7, 11) is 3.75. The maximum absolute atomic E-state index is 4.49. The van der Waals surface area contributed by atoms with Gasteiger partial charge in [0.05, 0.1) is 18.8 Å². The first kappa shape index (κ1) is 13.7. The Kier molecular flexibility index (Phi) is 3.98. The maximum atomic E-state index is 4.49. The van der Waals surface area contributed by atoms with Crippen LogP contribution in [0.4, 0.5) is 5.95 Å². The first-order valence-electron chi connectivity index (χ1n) is 5.76. The predicted molar refractivity (Wildman–Crippen MR) is 69.6 cm³/mol. The number of anilines is 1. The Morgan fingerprint density at radius 2 is 2.00 bits per heavy atom. The Bertz CT molecular complexity index is 707. The third-order valence-electron chi connectivity index (χ3n) is 2.91. The molecular weight excluding hydrogens is 353 g/mol. The summed E-state index contributed by atoms with van der Waals surface area (Å²) < 4.78 is 3.95. The van der Waals surface area contributed by atoms with Crippen molar-refractivity contribution in [3.05, 3.63) is 42.9 Å². The van der Waals surface area contributed by atoms with Gasteiger partial charge in [-0.1, -0.05) is 28.2 Å². The van der Waals surface area contributed by atoms with Crippen molar-refractivity contribution in [2.75, 3.05) is 12.4 Å². The number of hydrogen-bond donors (Lipinski definition) is 1. The third-order valence-corrected chi connectivity index (χ3v) is 2.91. The van der Waals surface area contributed by atoms with E-state index in [0.29, 0.717) is 5.95 Å². The molecule has 2 aromatic heterocycles. The fourth-order valence-electron chi connectivity index (χ4n) is 2.00. The molecule has 0 radical (unpaired) electrons. The van der Waals surface area contributed by atoms with Crippen LogP contribution in [0.1, 0.15) is 0 Å². The van der Waals surface area contributed by atoms with Crippen molar-refractivity contribution in [2.24, 2.45) is 7.05 Å². The van der Waals surface area contributed by atoms with Gasteiger partial charge in [0.1, 0.15) is 0 Å². The van der Waals surface area contributed by atoms with Crippen LogP contribution >= 0.6 is 0 Å². The Labute approximate surface area is 128 Å². The van der Waals surface area contributed by atoms with Crippen LogP contribution < -0.4 is 33.9 Å². The van der Waals surface area contributed by atoms with Crippen molar-refractivity contribution in [3.8, 4) is 5.95 Å². The van der Waals surface area contributed by atoms with Crippen LogP contribution in [-0.4, -0.2) is 21.6 Å². The summed E-state index contributed by atoms with van der Waals surface area (Å²) in [4.78, 5) is 8.66. The minimum absolute atomic E-state index is 0. The molecule has 0 aliphatic rings. The van der Waals surface area contributed by atoms with E-state index >= 15 is 0 Å². The standard InChI is InChI=1S/C13H13N5.HI/c1-14-12-15-9-17(2)13(16-12)18-8-7-10-5-3-4-6-11(10)18;/h3-9H,1-2H3;1H. The normalized spacial score (nSPS) is 10.2. The Balaban J connectivity index is 0.00000133. The molecule has 0 amide bonds. The van der Waals surface area contributed by atoms with Crippen LogP contribution in [0.15, 0.2) is 42.9 Å². The summed E-state index contributed by atoms with van der Waals surface area (Å²) in [5.74, 6) is 1.44. The minimum Gasteiger partial charge on any atom is -1.00 e. The molecule has 1 N–H and O–H groups in total. The van der Waals surface area contributed by atoms with Gasteiger partial charge in [0.15, 0.2) is 0 Å². The molecule has 1 aromatic carbocycles. The van der Waals surface area contributed by atoms with E-state index in [-0.39, 0.29) is 24.0 Å². The average molecular weight is 367 g/mol. The molecule has 2 heterocycles. The van der Waals surface area contributed by atoms with Crippen molar-refractivity contribution in [1.82, 2.24) is 14.5 Å². The second kappa shape index (κ2) is 5.52. The van der Waals surface area contributed by atoms with Crippen LogP contribution in [0.25, 0.3) is 16.9 Å². The van der Waals surface area contributed by atoms with E-state index in [0.717, 1.165) is 11.5 Å². The molecule has 0 spiro atoms. The van der Waals surface area contributed by atoms with Gasteiger partial charge in [-0.15, -0.1) is 0 Å². The fourth-order valence-corrected chi connectivity index (χ4v) is 2.00. The highest BCUT2D eigenvalue weighted by molar-refractivity contribution is 5.81. The number of fused-ring (bicyclic) bond motifs is 1. The molecule has 0 fully saturated rings. The topological polar surface area (TPSA) is 46.6 Å². The van der Waals surface area contributed by atoms with Crippen molar-refractivity contribution in [3.63, 3.8) is 0 Å². The summed E-state index contributed by atoms with van der Waals surface area (Å²) in [5, 5.41) is 4.15. The monoisotopic (exact) mass is 367 g/mol. The number of hydrogen-bond acceptors (Lipinski definition) is 3. The average Bonchev–Trinajstić information content (AvgIpc) is 2.83. The Hall–Kier alpha value is -1.70. The fraction of sp³-hybridized carbons (Fsp3) is 0.154. The van der Waals surface area contributed by atoms with Gasteiger partial charge in [-0.25, -0.2) is 9.13 Å². The van der Waals surface area contributed by atoms with Gasteiger partial charge in [0.2, 0.25) is 6.33 Å². The maximum Gasteiger partial charge on any atom is 0.362 e. The zero-order chi connectivity index (χ0) is 12.5. The molecule has 0 aliphatic heterocycles. The van der Waals surface area contributed by atoms with Crippen molar-refractivity contribution in [2.45, 2.75) is 0 Å². The van der Waals surface area contributed by atoms with E-state index in [1.807, 2.05) is 37.0 Å². The van der Waals surface area contributed by atoms with Crippen LogP contribution in [0, 0.1) is 0 Å². The number of benzene rings is 1. The number of aryl methyl sites for hydroxylation is 1. The predicted octanol–water partition coefficient (Wildman–Crippen LogP) is -1.71. The van der Waals surface area contributed by atoms with Crippen LogP contribution in [0.2, 0.25) is 0 Å². The van der Waals surface area contributed by atoms with Gasteiger partial charge in [0, 0.05) is 12.4 Å². The number of para-hydroxylation sites is 1. The molecule has 0 unspecified atom stereocenters. The first-order chi connectivity index (χ1) is 8.79. The molecule has 0 saturated heterocycles. The molecule has 0 atom stereocenters. The molecule has 0 bridgehead atoms. The molecule has 98 valence electrons. The molecule has 3 aromatic rings. The summed E-state index contributed by atoms with van der Waals surface area (Å²) in [6.45, 7) is 0. The highest BCUT2D eigenvalue weighted by Gasteiger charge is 2.15. The summed E-state index contributed by atoms with van der Waals surface area (Å²) >= 11 is 0. The van der Waals surface area contributed by atoms with Crippen molar-refractivity contribution in [1.29, 1.82) is 0 Å². The van der Waals surface area contributed by atoms with Crippen molar-refractivity contribution >= 4 is 16.9 Å². The molecule has 0 aliphatic carbocycles. The van der Waals surface area contributed by atoms with E-state index in [1.165, 1.54) is 5.39 Å². The molecule has 6 heteroatoms. The summed E-state index contributed by atoms with van der Waals surface area (Å²) in [5.41, 5.74) is 1.13. The van der Waals surface area contributed by atoms with E-state index in [1.54, 1.807) is 6.33 Å². The Morgan fingerprint density at radius 1 is 1.21 bits per heavy atom. The summed E-state index contributed by atoms with van der Waals surface area (Å²) in [6, 6.07) is 10.3. The lowest BCUT2D eigenvalue weighted by Crippen LogP contribution is -3.00. The van der Waals surface area contributed by atoms with E-state index in [2.05, 4.69) is 38.1 Å². The molecule has 0 saturated carbocycles. The van der Waals surface area contributed by atoms with Gasteiger partial charge in [-0.2, -0.15) is 0 Å². The molecule has 5 nitrogen and oxygen atoms in total. The zero-order valence-electron chi connectivity index (χ0n) is 10.7. The number of nitrogens with zero attached hydrogens (tertiary/aromatic N) is 4. The lowest BCUT2D eigenvalue weighted by molar-refractivity contribution is -0.671. The molecular formula is C13H14IN5. The van der Waals surface area contributed by atoms with Gasteiger partial charge < -0.3 is 29.3 Å². The zero-order valence-corrected chi connectivity index (χ0v) is 12.9. The summed E-state index contributed by atoms with van der Waals surface area (Å²) in [6.07, 6.45) is 3.77. The van der Waals surface area contributed by atoms with Crippen LogP contribution in [0.3, 0.4) is 0 Å². The second-order valence-corrected chi connectivity index (χ2v) is 4.09. The third kappa shape index (κ3) is 2.40. The van der Waals surface area contributed by atoms with E-state index < -0.39 is 0 Å². The highest BCUT2D eigenvalue weighted by atomic mass is 127. The number of rotatable bonds is 2. The SMILES string of the molecule is CNc1nc[n+](C)c(-n2ccc3ccccc32)n1.[I-]. The van der Waals surface area contributed by atoms with E-state index in [9.17, 15) is 0 Å². The smallest absolute Gasteiger partial charge is 0.362 e. The van der Waals surface area contributed by atoms with E-state index in [4.69, 9.17) is 0 Å². The van der Waals surface area contributed by atoms with Crippen molar-refractivity contribution < 1.29 is 28.5 Å². The van der Waals surface area contributed by atoms with Gasteiger partial charge >= 0.3 is 11.9 Å². The largest absolute Gasteiger partial charge is 1.00 e. The van der Waals surface area contributed by atoms with Gasteiger partial charge in [0.25, 0.3) is 0 Å². The number of nitrogens with one attached hydrogen (secondary N) is 1. The Morgan fingerprint density at radius 3 is 2.79 bits per heavy atom. The second-order valence-electron chi connectivity index (χ2n) is 4.09. The lowest BCUT2D eigenvalue weighted by atomic mass is 10.2. The quantitative estimate of drug-likeness (QED) is 0.434. The number of halogens is 1.